The maximum atomic E-state index is 12.8. The second kappa shape index (κ2) is 7.15. The smallest absolute Gasteiger partial charge is 0.229 e. The first-order chi connectivity index (χ1) is 12.6. The lowest BCUT2D eigenvalue weighted by molar-refractivity contribution is -0.140. The molecule has 1 atom stereocenters. The number of hydrogen-bond donors (Lipinski definition) is 0. The first kappa shape index (κ1) is 17.1. The van der Waals surface area contributed by atoms with Gasteiger partial charge in [-0.05, 0) is 31.4 Å². The third kappa shape index (κ3) is 3.23. The van der Waals surface area contributed by atoms with Gasteiger partial charge in [0, 0.05) is 32.4 Å². The Bertz CT molecular complexity index is 814. The summed E-state index contributed by atoms with van der Waals surface area (Å²) in [6.07, 6.45) is 3.70. The molecular formula is C19H21N3O3S. The summed E-state index contributed by atoms with van der Waals surface area (Å²) in [6, 6.07) is 8.02. The number of para-hydroxylation sites is 1. The number of benzene rings is 1. The molecule has 0 aliphatic carbocycles. The van der Waals surface area contributed by atoms with Gasteiger partial charge in [0.15, 0.2) is 0 Å². The van der Waals surface area contributed by atoms with Gasteiger partial charge in [-0.2, -0.15) is 0 Å². The standard InChI is InChI=1S/C19H21N3O3S/c23-16-8-9-17(24)22(16)12-10-18(25)21-11-4-3-6-14(21)19-20-13-5-1-2-7-15(13)26-19/h1-2,5,7,14H,3-4,6,8-12H2/t14-/m0/s1. The van der Waals surface area contributed by atoms with Crippen molar-refractivity contribution in [3.05, 3.63) is 29.3 Å². The number of aromatic nitrogens is 1. The molecule has 0 bridgehead atoms. The van der Waals surface area contributed by atoms with Crippen LogP contribution in [0.5, 0.6) is 0 Å². The van der Waals surface area contributed by atoms with Crippen LogP contribution in [0.4, 0.5) is 0 Å². The number of carbonyl (C=O) groups excluding carboxylic acids is 3. The molecule has 0 radical (unpaired) electrons. The van der Waals surface area contributed by atoms with Crippen molar-refractivity contribution < 1.29 is 14.4 Å². The summed E-state index contributed by atoms with van der Waals surface area (Å²) in [6.45, 7) is 0.904. The van der Waals surface area contributed by atoms with E-state index in [1.54, 1.807) is 11.3 Å². The molecule has 6 nitrogen and oxygen atoms in total. The highest BCUT2D eigenvalue weighted by Gasteiger charge is 2.33. The van der Waals surface area contributed by atoms with Crippen molar-refractivity contribution in [3.8, 4) is 0 Å². The summed E-state index contributed by atoms with van der Waals surface area (Å²) in [5, 5.41) is 0.979. The Morgan fingerprint density at radius 3 is 2.69 bits per heavy atom. The second-order valence-electron chi connectivity index (χ2n) is 6.81. The van der Waals surface area contributed by atoms with E-state index < -0.39 is 0 Å². The van der Waals surface area contributed by atoms with Gasteiger partial charge in [-0.1, -0.05) is 12.1 Å². The number of amides is 3. The molecule has 3 heterocycles. The van der Waals surface area contributed by atoms with Crippen molar-refractivity contribution in [3.63, 3.8) is 0 Å². The summed E-state index contributed by atoms with van der Waals surface area (Å²) >= 11 is 1.65. The third-order valence-electron chi connectivity index (χ3n) is 5.12. The van der Waals surface area contributed by atoms with Crippen molar-refractivity contribution in [1.29, 1.82) is 0 Å². The highest BCUT2D eigenvalue weighted by atomic mass is 32.1. The quantitative estimate of drug-likeness (QED) is 0.775. The van der Waals surface area contributed by atoms with Gasteiger partial charge in [-0.15, -0.1) is 11.3 Å². The number of likely N-dealkylation sites (tertiary alicyclic amines) is 2. The number of piperidine rings is 1. The zero-order chi connectivity index (χ0) is 18.1. The average Bonchev–Trinajstić information content (AvgIpc) is 3.23. The van der Waals surface area contributed by atoms with Crippen LogP contribution in [0.2, 0.25) is 0 Å². The van der Waals surface area contributed by atoms with Crippen LogP contribution >= 0.6 is 11.3 Å². The zero-order valence-corrected chi connectivity index (χ0v) is 15.3. The van der Waals surface area contributed by atoms with Gasteiger partial charge in [-0.25, -0.2) is 4.98 Å². The molecule has 3 amide bonds. The Morgan fingerprint density at radius 1 is 1.15 bits per heavy atom. The fraction of sp³-hybridized carbons (Fsp3) is 0.474. The van der Waals surface area contributed by atoms with Gasteiger partial charge in [0.05, 0.1) is 16.3 Å². The van der Waals surface area contributed by atoms with Crippen LogP contribution in [0, 0.1) is 0 Å². The summed E-state index contributed by atoms with van der Waals surface area (Å²) < 4.78 is 1.13. The number of fused-ring (bicyclic) bond motifs is 1. The van der Waals surface area contributed by atoms with Crippen LogP contribution in [0.1, 0.15) is 49.6 Å². The molecule has 2 fully saturated rings. The third-order valence-corrected chi connectivity index (χ3v) is 6.26. The number of nitrogens with zero attached hydrogens (tertiary/aromatic N) is 3. The van der Waals surface area contributed by atoms with Crippen molar-refractivity contribution in [2.75, 3.05) is 13.1 Å². The Balaban J connectivity index is 1.48. The molecule has 1 aromatic heterocycles. The number of rotatable bonds is 4. The van der Waals surface area contributed by atoms with Crippen LogP contribution in [-0.2, 0) is 14.4 Å². The summed E-state index contributed by atoms with van der Waals surface area (Å²) in [7, 11) is 0. The molecule has 2 aromatic rings. The van der Waals surface area contributed by atoms with Crippen LogP contribution in [0.15, 0.2) is 24.3 Å². The van der Waals surface area contributed by atoms with Crippen LogP contribution < -0.4 is 0 Å². The topological polar surface area (TPSA) is 70.6 Å². The van der Waals surface area contributed by atoms with Gasteiger partial charge in [-0.3, -0.25) is 19.3 Å². The van der Waals surface area contributed by atoms with E-state index in [-0.39, 0.29) is 49.6 Å². The van der Waals surface area contributed by atoms with E-state index in [1.165, 1.54) is 4.90 Å². The first-order valence-electron chi connectivity index (χ1n) is 9.11. The van der Waals surface area contributed by atoms with E-state index in [0.717, 1.165) is 34.5 Å². The van der Waals surface area contributed by atoms with E-state index in [0.29, 0.717) is 6.54 Å². The Labute approximate surface area is 155 Å². The molecule has 136 valence electrons. The molecule has 0 N–H and O–H groups in total. The van der Waals surface area contributed by atoms with Crippen LogP contribution in [0.3, 0.4) is 0 Å². The monoisotopic (exact) mass is 371 g/mol. The Kier molecular flexibility index (Phi) is 4.72. The minimum atomic E-state index is -0.163. The molecule has 2 aliphatic heterocycles. The second-order valence-corrected chi connectivity index (χ2v) is 7.87. The van der Waals surface area contributed by atoms with Gasteiger partial charge >= 0.3 is 0 Å². The average molecular weight is 371 g/mol. The normalized spacial score (nSPS) is 21.0. The lowest BCUT2D eigenvalue weighted by Crippen LogP contribution is -2.40. The largest absolute Gasteiger partial charge is 0.333 e. The van der Waals surface area contributed by atoms with Crippen molar-refractivity contribution in [1.82, 2.24) is 14.8 Å². The lowest BCUT2D eigenvalue weighted by Gasteiger charge is -2.35. The Morgan fingerprint density at radius 2 is 1.92 bits per heavy atom. The highest BCUT2D eigenvalue weighted by molar-refractivity contribution is 7.18. The Hall–Kier alpha value is -2.28. The van der Waals surface area contributed by atoms with Crippen molar-refractivity contribution in [2.24, 2.45) is 0 Å². The van der Waals surface area contributed by atoms with E-state index >= 15 is 0 Å². The highest BCUT2D eigenvalue weighted by Crippen LogP contribution is 2.36. The van der Waals surface area contributed by atoms with Crippen molar-refractivity contribution in [2.45, 2.75) is 44.6 Å². The predicted molar refractivity (Wildman–Crippen MR) is 98.5 cm³/mol. The fourth-order valence-electron chi connectivity index (χ4n) is 3.74. The number of carbonyl (C=O) groups is 3. The minimum absolute atomic E-state index is 0.00127. The molecular weight excluding hydrogens is 350 g/mol. The van der Waals surface area contributed by atoms with Gasteiger partial charge < -0.3 is 4.90 Å². The number of hydrogen-bond acceptors (Lipinski definition) is 5. The molecule has 7 heteroatoms. The molecule has 0 saturated carbocycles. The predicted octanol–water partition coefficient (Wildman–Crippen LogP) is 2.89. The van der Waals surface area contributed by atoms with E-state index in [9.17, 15) is 14.4 Å². The van der Waals surface area contributed by atoms with E-state index in [2.05, 4.69) is 6.07 Å². The maximum Gasteiger partial charge on any atom is 0.229 e. The molecule has 0 spiro atoms. The summed E-state index contributed by atoms with van der Waals surface area (Å²) in [5.74, 6) is -0.324. The maximum absolute atomic E-state index is 12.8. The van der Waals surface area contributed by atoms with Gasteiger partial charge in [0.2, 0.25) is 17.7 Å². The molecule has 4 rings (SSSR count). The summed E-state index contributed by atoms with van der Waals surface area (Å²) in [5.41, 5.74) is 0.971. The number of thiazole rings is 1. The fourth-order valence-corrected chi connectivity index (χ4v) is 4.86. The van der Waals surface area contributed by atoms with Crippen LogP contribution in [0.25, 0.3) is 10.2 Å². The SMILES string of the molecule is O=C1CCC(=O)N1CCC(=O)N1CCCC[C@H]1c1nc2ccccc2s1. The zero-order valence-electron chi connectivity index (χ0n) is 14.5. The molecule has 1 aromatic carbocycles. The minimum Gasteiger partial charge on any atom is -0.333 e. The molecule has 2 saturated heterocycles. The van der Waals surface area contributed by atoms with Crippen molar-refractivity contribution >= 4 is 39.3 Å². The van der Waals surface area contributed by atoms with E-state index in [1.807, 2.05) is 23.1 Å². The molecule has 26 heavy (non-hydrogen) atoms. The van der Waals surface area contributed by atoms with E-state index in [4.69, 9.17) is 4.98 Å². The van der Waals surface area contributed by atoms with Gasteiger partial charge in [0.1, 0.15) is 5.01 Å². The number of imide groups is 1. The summed E-state index contributed by atoms with van der Waals surface area (Å²) in [4.78, 5) is 44.1. The van der Waals surface area contributed by atoms with Gasteiger partial charge in [0.25, 0.3) is 0 Å². The molecule has 2 aliphatic rings. The lowest BCUT2D eigenvalue weighted by atomic mass is 10.0. The van der Waals surface area contributed by atoms with Crippen LogP contribution in [-0.4, -0.2) is 45.6 Å². The molecule has 0 unspecified atom stereocenters. The first-order valence-corrected chi connectivity index (χ1v) is 9.93.